The van der Waals surface area contributed by atoms with Gasteiger partial charge in [-0.2, -0.15) is 0 Å². The maximum absolute atomic E-state index is 5.50. The fourth-order valence-corrected chi connectivity index (χ4v) is 3.67. The van der Waals surface area contributed by atoms with E-state index in [1.807, 2.05) is 24.8 Å². The lowest BCUT2D eigenvalue weighted by molar-refractivity contribution is 0.174. The zero-order chi connectivity index (χ0) is 17.1. The van der Waals surface area contributed by atoms with Gasteiger partial charge in [0.05, 0.1) is 6.33 Å². The molecule has 6 heteroatoms. The van der Waals surface area contributed by atoms with Crippen LogP contribution in [-0.4, -0.2) is 41.5 Å². The quantitative estimate of drug-likeness (QED) is 0.875. The number of nitrogens with zero attached hydrogens (tertiary/aromatic N) is 3. The Morgan fingerprint density at radius 3 is 2.84 bits per heavy atom. The molecule has 1 N–H and O–H groups in total. The number of aromatic nitrogens is 2. The molecule has 0 amide bonds. The highest BCUT2D eigenvalue weighted by atomic mass is 16.7. The molecule has 1 atom stereocenters. The summed E-state index contributed by atoms with van der Waals surface area (Å²) in [5, 5.41) is 3.84. The van der Waals surface area contributed by atoms with Crippen LogP contribution in [0.1, 0.15) is 26.2 Å². The molecule has 0 spiro atoms. The van der Waals surface area contributed by atoms with E-state index in [0.29, 0.717) is 18.9 Å². The molecule has 134 valence electrons. The van der Waals surface area contributed by atoms with Gasteiger partial charge in [0.2, 0.25) is 6.79 Å². The van der Waals surface area contributed by atoms with Crippen molar-refractivity contribution in [1.29, 1.82) is 0 Å². The second-order valence-electron chi connectivity index (χ2n) is 6.83. The number of benzene rings is 1. The van der Waals surface area contributed by atoms with Crippen LogP contribution in [0.2, 0.25) is 0 Å². The predicted octanol–water partition coefficient (Wildman–Crippen LogP) is 2.65. The van der Waals surface area contributed by atoms with Crippen LogP contribution in [0, 0.1) is 0 Å². The Morgan fingerprint density at radius 2 is 2.08 bits per heavy atom. The minimum atomic E-state index is 0.333. The molecule has 2 aliphatic rings. The summed E-state index contributed by atoms with van der Waals surface area (Å²) in [6.07, 6.45) is 9.22. The molecule has 0 radical (unpaired) electrons. The van der Waals surface area contributed by atoms with Crippen molar-refractivity contribution in [1.82, 2.24) is 14.9 Å². The van der Waals surface area contributed by atoms with Gasteiger partial charge in [0.25, 0.3) is 0 Å². The number of fused-ring (bicyclic) bond motifs is 1. The molecule has 1 fully saturated rings. The smallest absolute Gasteiger partial charge is 0.231 e. The van der Waals surface area contributed by atoms with Crippen LogP contribution < -0.4 is 19.7 Å². The number of piperidine rings is 1. The van der Waals surface area contributed by atoms with Gasteiger partial charge in [-0.15, -0.1) is 0 Å². The lowest BCUT2D eigenvalue weighted by Crippen LogP contribution is -2.47. The van der Waals surface area contributed by atoms with Gasteiger partial charge in [0.15, 0.2) is 11.5 Å². The molecule has 4 rings (SSSR count). The number of hydrogen-bond donors (Lipinski definition) is 1. The molecular weight excluding hydrogens is 316 g/mol. The summed E-state index contributed by atoms with van der Waals surface area (Å²) in [6, 6.07) is 7.33. The Morgan fingerprint density at radius 1 is 1.24 bits per heavy atom. The number of nitrogens with one attached hydrogen (secondary N) is 1. The average Bonchev–Trinajstić information content (AvgIpc) is 3.32. The number of rotatable bonds is 6. The molecule has 0 unspecified atom stereocenters. The number of anilines is 1. The predicted molar refractivity (Wildman–Crippen MR) is 97.2 cm³/mol. The zero-order valence-corrected chi connectivity index (χ0v) is 14.7. The summed E-state index contributed by atoms with van der Waals surface area (Å²) < 4.78 is 13.1. The van der Waals surface area contributed by atoms with Crippen LogP contribution in [0.3, 0.4) is 0 Å². The molecule has 2 aliphatic heterocycles. The van der Waals surface area contributed by atoms with E-state index >= 15 is 0 Å². The van der Waals surface area contributed by atoms with Gasteiger partial charge in [-0.05, 0) is 31.4 Å². The Labute approximate surface area is 148 Å². The number of imidazole rings is 1. The van der Waals surface area contributed by atoms with Crippen molar-refractivity contribution in [2.45, 2.75) is 44.8 Å². The first-order valence-corrected chi connectivity index (χ1v) is 9.18. The monoisotopic (exact) mass is 342 g/mol. The van der Waals surface area contributed by atoms with Crippen LogP contribution in [0.5, 0.6) is 11.5 Å². The van der Waals surface area contributed by atoms with Crippen molar-refractivity contribution in [2.75, 3.05) is 24.8 Å². The molecular formula is C19H26N4O2. The molecule has 6 nitrogen and oxygen atoms in total. The minimum absolute atomic E-state index is 0.333. The summed E-state index contributed by atoms with van der Waals surface area (Å²) >= 11 is 0. The largest absolute Gasteiger partial charge is 0.454 e. The van der Waals surface area contributed by atoms with E-state index in [1.165, 1.54) is 5.69 Å². The third kappa shape index (κ3) is 3.74. The average molecular weight is 342 g/mol. The van der Waals surface area contributed by atoms with Gasteiger partial charge >= 0.3 is 0 Å². The van der Waals surface area contributed by atoms with Crippen molar-refractivity contribution < 1.29 is 9.47 Å². The Balaban J connectivity index is 1.30. The van der Waals surface area contributed by atoms with Crippen molar-refractivity contribution in [3.63, 3.8) is 0 Å². The molecule has 1 aromatic heterocycles. The normalized spacial score (nSPS) is 18.5. The topological polar surface area (TPSA) is 51.6 Å². The summed E-state index contributed by atoms with van der Waals surface area (Å²) in [6.45, 7) is 5.70. The maximum Gasteiger partial charge on any atom is 0.231 e. The van der Waals surface area contributed by atoms with E-state index in [0.717, 1.165) is 50.4 Å². The first kappa shape index (κ1) is 16.3. The van der Waals surface area contributed by atoms with E-state index in [1.54, 1.807) is 0 Å². The third-order valence-electron chi connectivity index (χ3n) is 5.17. The Kier molecular flexibility index (Phi) is 4.78. The molecule has 1 aromatic carbocycles. The molecule has 1 saturated heterocycles. The SMILES string of the molecule is CC[C@H](Cn1ccnc1)NC1CCN(c2ccc3c(c2)OCO3)CC1. The molecule has 0 aliphatic carbocycles. The van der Waals surface area contributed by atoms with Crippen molar-refractivity contribution in [3.8, 4) is 11.5 Å². The van der Waals surface area contributed by atoms with Gasteiger partial charge in [-0.3, -0.25) is 0 Å². The summed E-state index contributed by atoms with van der Waals surface area (Å²) in [5.41, 5.74) is 1.23. The van der Waals surface area contributed by atoms with Gasteiger partial charge in [-0.1, -0.05) is 6.92 Å². The molecule has 0 saturated carbocycles. The van der Waals surface area contributed by atoms with Crippen LogP contribution in [0.4, 0.5) is 5.69 Å². The molecule has 25 heavy (non-hydrogen) atoms. The van der Waals surface area contributed by atoms with E-state index in [2.05, 4.69) is 38.8 Å². The highest BCUT2D eigenvalue weighted by Gasteiger charge is 2.23. The minimum Gasteiger partial charge on any atom is -0.454 e. The highest BCUT2D eigenvalue weighted by Crippen LogP contribution is 2.36. The number of ether oxygens (including phenoxy) is 2. The summed E-state index contributed by atoms with van der Waals surface area (Å²) in [4.78, 5) is 6.58. The van der Waals surface area contributed by atoms with E-state index in [4.69, 9.17) is 9.47 Å². The second kappa shape index (κ2) is 7.35. The third-order valence-corrected chi connectivity index (χ3v) is 5.17. The molecule has 3 heterocycles. The van der Waals surface area contributed by atoms with Crippen molar-refractivity contribution >= 4 is 5.69 Å². The Bertz CT molecular complexity index is 681. The first-order chi connectivity index (χ1) is 12.3. The standard InChI is InChI=1S/C19H26N4O2/c1-2-15(12-22-10-7-20-13-22)21-16-5-8-23(9-6-16)17-3-4-18-19(11-17)25-14-24-18/h3-4,7,10-11,13,15-16,21H,2,5-6,8-9,12,14H2,1H3/t15-/m1/s1. The fourth-order valence-electron chi connectivity index (χ4n) is 3.67. The van der Waals surface area contributed by atoms with Crippen molar-refractivity contribution in [2.24, 2.45) is 0 Å². The number of hydrogen-bond acceptors (Lipinski definition) is 5. The van der Waals surface area contributed by atoms with E-state index < -0.39 is 0 Å². The Hall–Kier alpha value is -2.21. The summed E-state index contributed by atoms with van der Waals surface area (Å²) in [5.74, 6) is 1.72. The first-order valence-electron chi connectivity index (χ1n) is 9.18. The second-order valence-corrected chi connectivity index (χ2v) is 6.83. The van der Waals surface area contributed by atoms with Gasteiger partial charge in [0, 0.05) is 55.9 Å². The highest BCUT2D eigenvalue weighted by molar-refractivity contribution is 5.57. The van der Waals surface area contributed by atoms with Crippen LogP contribution in [0.25, 0.3) is 0 Å². The lowest BCUT2D eigenvalue weighted by atomic mass is 10.0. The van der Waals surface area contributed by atoms with Gasteiger partial charge in [-0.25, -0.2) is 4.98 Å². The fraction of sp³-hybridized carbons (Fsp3) is 0.526. The zero-order valence-electron chi connectivity index (χ0n) is 14.7. The van der Waals surface area contributed by atoms with Crippen LogP contribution in [0.15, 0.2) is 36.9 Å². The molecule has 2 aromatic rings. The maximum atomic E-state index is 5.50. The molecule has 0 bridgehead atoms. The van der Waals surface area contributed by atoms with Gasteiger partial charge < -0.3 is 24.3 Å². The van der Waals surface area contributed by atoms with Crippen molar-refractivity contribution in [3.05, 3.63) is 36.9 Å². The van der Waals surface area contributed by atoms with Gasteiger partial charge in [0.1, 0.15) is 0 Å². The lowest BCUT2D eigenvalue weighted by Gasteiger charge is -2.36. The van der Waals surface area contributed by atoms with Crippen LogP contribution >= 0.6 is 0 Å². The summed E-state index contributed by atoms with van der Waals surface area (Å²) in [7, 11) is 0. The van der Waals surface area contributed by atoms with E-state index in [9.17, 15) is 0 Å². The van der Waals surface area contributed by atoms with Crippen LogP contribution in [-0.2, 0) is 6.54 Å². The van der Waals surface area contributed by atoms with E-state index in [-0.39, 0.29) is 0 Å².